The van der Waals surface area contributed by atoms with E-state index in [4.69, 9.17) is 4.74 Å². The second-order valence-corrected chi connectivity index (χ2v) is 11.6. The Kier molecular flexibility index (Phi) is 8.13. The Balaban J connectivity index is 1.48. The molecule has 0 aromatic heterocycles. The maximum atomic E-state index is 13.6. The number of piperidine rings is 1. The molecule has 0 aliphatic carbocycles. The largest absolute Gasteiger partial charge is 0.480 e. The number of hydrogen-bond acceptors (Lipinski definition) is 7. The van der Waals surface area contributed by atoms with Gasteiger partial charge in [-0.2, -0.15) is 0 Å². The van der Waals surface area contributed by atoms with Crippen LogP contribution in [0.4, 0.5) is 4.79 Å². The van der Waals surface area contributed by atoms with Gasteiger partial charge in [0, 0.05) is 26.1 Å². The highest BCUT2D eigenvalue weighted by Crippen LogP contribution is 2.32. The second-order valence-electron chi connectivity index (χ2n) is 9.37. The maximum absolute atomic E-state index is 13.6. The van der Waals surface area contributed by atoms with E-state index >= 15 is 0 Å². The predicted octanol–water partition coefficient (Wildman–Crippen LogP) is 1.99. The van der Waals surface area contributed by atoms with E-state index in [1.807, 2.05) is 0 Å². The Bertz CT molecular complexity index is 1220. The number of hydrogen-bond donors (Lipinski definition) is 3. The number of aliphatic carboxylic acids is 1. The van der Waals surface area contributed by atoms with Gasteiger partial charge in [0.1, 0.15) is 11.8 Å². The number of carboxylic acids is 1. The number of rotatable bonds is 8. The lowest BCUT2D eigenvalue weighted by atomic mass is 9.96. The molecule has 4 rings (SSSR count). The van der Waals surface area contributed by atoms with Crippen LogP contribution in [0.15, 0.2) is 59.5 Å². The lowest BCUT2D eigenvalue weighted by molar-refractivity contribution is -0.142. The number of amides is 2. The van der Waals surface area contributed by atoms with Crippen molar-refractivity contribution in [2.75, 3.05) is 26.2 Å². The monoisotopic (exact) mass is 529 g/mol. The third kappa shape index (κ3) is 5.78. The van der Waals surface area contributed by atoms with Crippen LogP contribution in [0.1, 0.15) is 31.2 Å². The Morgan fingerprint density at radius 2 is 1.70 bits per heavy atom. The molecule has 2 heterocycles. The molecule has 2 aromatic rings. The van der Waals surface area contributed by atoms with Gasteiger partial charge in [-0.1, -0.05) is 30.3 Å². The average molecular weight is 530 g/mol. The Morgan fingerprint density at radius 1 is 1.03 bits per heavy atom. The highest BCUT2D eigenvalue weighted by molar-refractivity contribution is 7.93. The number of carboxylic acid groups (broad SMARTS) is 1. The molecule has 2 amide bonds. The number of carbonyl (C=O) groups excluding carboxylic acids is 2. The summed E-state index contributed by atoms with van der Waals surface area (Å²) in [7, 11) is -4.11. The minimum Gasteiger partial charge on any atom is -0.480 e. The van der Waals surface area contributed by atoms with Crippen molar-refractivity contribution in [3.8, 4) is 5.75 Å². The van der Waals surface area contributed by atoms with E-state index in [0.717, 1.165) is 12.8 Å². The van der Waals surface area contributed by atoms with Crippen molar-refractivity contribution in [3.05, 3.63) is 60.2 Å². The van der Waals surface area contributed by atoms with E-state index < -0.39 is 38.6 Å². The van der Waals surface area contributed by atoms with E-state index in [2.05, 4.69) is 10.6 Å². The quantitative estimate of drug-likeness (QED) is 0.471. The molecule has 2 fully saturated rings. The predicted molar refractivity (Wildman–Crippen MR) is 135 cm³/mol. The topological polar surface area (TPSA) is 142 Å². The van der Waals surface area contributed by atoms with Crippen LogP contribution < -0.4 is 15.4 Å². The third-order valence-corrected chi connectivity index (χ3v) is 9.32. The van der Waals surface area contributed by atoms with Crippen LogP contribution in [0.2, 0.25) is 0 Å². The molecular formula is C26H31N3O7S. The summed E-state index contributed by atoms with van der Waals surface area (Å²) in [6, 6.07) is 12.7. The van der Waals surface area contributed by atoms with Crippen LogP contribution in [0.5, 0.6) is 5.75 Å². The molecule has 11 heteroatoms. The number of carbonyl (C=O) groups is 3. The number of nitrogens with one attached hydrogen (secondary N) is 2. The van der Waals surface area contributed by atoms with Crippen molar-refractivity contribution >= 4 is 27.8 Å². The third-order valence-electron chi connectivity index (χ3n) is 6.86. The first kappa shape index (κ1) is 26.6. The first-order valence-electron chi connectivity index (χ1n) is 12.3. The summed E-state index contributed by atoms with van der Waals surface area (Å²) in [4.78, 5) is 39.4. The zero-order valence-corrected chi connectivity index (χ0v) is 21.2. The first-order valence-corrected chi connectivity index (χ1v) is 13.8. The van der Waals surface area contributed by atoms with Gasteiger partial charge in [0.2, 0.25) is 5.91 Å². The highest BCUT2D eigenvalue weighted by Gasteiger charge is 2.52. The van der Waals surface area contributed by atoms with Crippen LogP contribution in [0, 0.1) is 0 Å². The fourth-order valence-electron chi connectivity index (χ4n) is 4.73. The van der Waals surface area contributed by atoms with Crippen LogP contribution in [-0.4, -0.2) is 73.4 Å². The standard InChI is InChI=1S/C26H31N3O7S/c30-23(31)22(17-19-9-11-20(12-10-19)36-25(33)29-15-4-5-16-29)28-24(32)26(13-6-14-27-18-26)37(34,35)21-7-2-1-3-8-21/h1-3,7-12,22,27H,4-6,13-18H2,(H,28,32)(H,30,31)/t22-,26?/m0/s1. The molecule has 10 nitrogen and oxygen atoms in total. The molecule has 2 aliphatic heterocycles. The van der Waals surface area contributed by atoms with Crippen molar-refractivity contribution < 1.29 is 32.6 Å². The number of ether oxygens (including phenoxy) is 1. The molecule has 0 bridgehead atoms. The minimum absolute atomic E-state index is 0.0137. The van der Waals surface area contributed by atoms with Gasteiger partial charge in [-0.05, 0) is 62.1 Å². The SMILES string of the molecule is O=C(O)[C@H](Cc1ccc(OC(=O)N2CCCC2)cc1)NC(=O)C1(S(=O)(=O)c2ccccc2)CCCNC1. The lowest BCUT2D eigenvalue weighted by Gasteiger charge is -2.36. The number of likely N-dealkylation sites (tertiary alicyclic amines) is 1. The summed E-state index contributed by atoms with van der Waals surface area (Å²) < 4.78 is 30.7. The van der Waals surface area contributed by atoms with Gasteiger partial charge >= 0.3 is 12.1 Å². The zero-order chi connectivity index (χ0) is 26.5. The Hall–Kier alpha value is -3.44. The summed E-state index contributed by atoms with van der Waals surface area (Å²) in [6.07, 6.45) is 1.92. The minimum atomic E-state index is -4.11. The van der Waals surface area contributed by atoms with Crippen molar-refractivity contribution in [2.45, 2.75) is 47.8 Å². The molecule has 0 spiro atoms. The Morgan fingerprint density at radius 3 is 2.30 bits per heavy atom. The fraction of sp³-hybridized carbons (Fsp3) is 0.423. The van der Waals surface area contributed by atoms with E-state index in [0.29, 0.717) is 37.4 Å². The number of benzene rings is 2. The number of sulfone groups is 1. The maximum Gasteiger partial charge on any atom is 0.415 e. The molecule has 0 saturated carbocycles. The van der Waals surface area contributed by atoms with Crippen molar-refractivity contribution in [1.29, 1.82) is 0 Å². The summed E-state index contributed by atoms with van der Waals surface area (Å²) >= 11 is 0. The summed E-state index contributed by atoms with van der Waals surface area (Å²) in [5, 5.41) is 15.3. The molecule has 3 N–H and O–H groups in total. The van der Waals surface area contributed by atoms with Gasteiger partial charge in [0.05, 0.1) is 4.90 Å². The van der Waals surface area contributed by atoms with E-state index in [-0.39, 0.29) is 24.3 Å². The van der Waals surface area contributed by atoms with Crippen molar-refractivity contribution in [2.24, 2.45) is 0 Å². The zero-order valence-electron chi connectivity index (χ0n) is 20.4. The molecule has 2 aromatic carbocycles. The molecule has 2 saturated heterocycles. The smallest absolute Gasteiger partial charge is 0.415 e. The molecular weight excluding hydrogens is 498 g/mol. The summed E-state index contributed by atoms with van der Waals surface area (Å²) in [6.45, 7) is 1.78. The first-order chi connectivity index (χ1) is 17.7. The van der Waals surface area contributed by atoms with Crippen LogP contribution in [0.3, 0.4) is 0 Å². The normalized spacial score (nSPS) is 20.7. The molecule has 2 aliphatic rings. The second kappa shape index (κ2) is 11.3. The fourth-order valence-corrected chi connectivity index (χ4v) is 6.71. The Labute approximate surface area is 215 Å². The van der Waals surface area contributed by atoms with Crippen molar-refractivity contribution in [3.63, 3.8) is 0 Å². The van der Waals surface area contributed by atoms with Crippen LogP contribution in [0.25, 0.3) is 0 Å². The summed E-state index contributed by atoms with van der Waals surface area (Å²) in [5.74, 6) is -1.79. The average Bonchev–Trinajstić information content (AvgIpc) is 3.45. The molecule has 37 heavy (non-hydrogen) atoms. The molecule has 2 atom stereocenters. The van der Waals surface area contributed by atoms with Gasteiger partial charge in [-0.25, -0.2) is 18.0 Å². The van der Waals surface area contributed by atoms with Gasteiger partial charge in [-0.15, -0.1) is 0 Å². The van der Waals surface area contributed by atoms with E-state index in [1.54, 1.807) is 47.4 Å². The van der Waals surface area contributed by atoms with Crippen LogP contribution in [-0.2, 0) is 25.8 Å². The highest BCUT2D eigenvalue weighted by atomic mass is 32.2. The molecule has 1 unspecified atom stereocenters. The summed E-state index contributed by atoms with van der Waals surface area (Å²) in [5.41, 5.74) is 0.579. The van der Waals surface area contributed by atoms with Gasteiger partial charge < -0.3 is 25.4 Å². The molecule has 0 radical (unpaired) electrons. The van der Waals surface area contributed by atoms with E-state index in [1.165, 1.54) is 12.1 Å². The van der Waals surface area contributed by atoms with Gasteiger partial charge in [0.25, 0.3) is 0 Å². The van der Waals surface area contributed by atoms with Gasteiger partial charge in [-0.3, -0.25) is 4.79 Å². The van der Waals surface area contributed by atoms with Gasteiger partial charge in [0.15, 0.2) is 14.6 Å². The van der Waals surface area contributed by atoms with Crippen LogP contribution >= 0.6 is 0 Å². The van der Waals surface area contributed by atoms with Crippen molar-refractivity contribution in [1.82, 2.24) is 15.5 Å². The molecule has 198 valence electrons. The van der Waals surface area contributed by atoms with E-state index in [9.17, 15) is 27.9 Å². The number of nitrogens with zero attached hydrogens (tertiary/aromatic N) is 1. The lowest BCUT2D eigenvalue weighted by Crippen LogP contribution is -2.62.